The van der Waals surface area contributed by atoms with Crippen LogP contribution >= 0.6 is 0 Å². The Hall–Kier alpha value is -2.17. The average molecular weight is 289 g/mol. The van der Waals surface area contributed by atoms with Crippen molar-refractivity contribution in [2.24, 2.45) is 0 Å². The van der Waals surface area contributed by atoms with E-state index in [0.29, 0.717) is 13.0 Å². The Kier molecular flexibility index (Phi) is 5.09. The molecule has 1 amide bonds. The smallest absolute Gasteiger partial charge is 0.222 e. The molecule has 0 radical (unpaired) electrons. The molecule has 4 nitrogen and oxygen atoms in total. The fourth-order valence-corrected chi connectivity index (χ4v) is 2.16. The molecule has 0 aliphatic rings. The monoisotopic (exact) mass is 289 g/mol. The Morgan fingerprint density at radius 2 is 2.05 bits per heavy atom. The van der Waals surface area contributed by atoms with E-state index in [1.54, 1.807) is 30.3 Å². The highest BCUT2D eigenvalue weighted by Crippen LogP contribution is 2.10. The maximum Gasteiger partial charge on any atom is 0.222 e. The van der Waals surface area contributed by atoms with Crippen molar-refractivity contribution in [3.05, 3.63) is 53.1 Å². The number of aryl methyl sites for hydroxylation is 2. The summed E-state index contributed by atoms with van der Waals surface area (Å²) in [5.74, 6) is -0.122. The molecule has 2 rings (SSSR count). The maximum atomic E-state index is 12.8. The fraction of sp³-hybridized carbons (Fsp3) is 0.375. The number of hydrogen-bond donors (Lipinski definition) is 1. The molecule has 0 spiro atoms. The maximum absolute atomic E-state index is 12.8. The number of benzene rings is 1. The van der Waals surface area contributed by atoms with Crippen LogP contribution in [0.5, 0.6) is 0 Å². The van der Waals surface area contributed by atoms with Gasteiger partial charge in [0.05, 0.1) is 6.20 Å². The predicted octanol–water partition coefficient (Wildman–Crippen LogP) is 2.84. The van der Waals surface area contributed by atoms with Gasteiger partial charge in [-0.1, -0.05) is 12.1 Å². The van der Waals surface area contributed by atoms with Crippen molar-refractivity contribution in [2.45, 2.75) is 32.7 Å². The van der Waals surface area contributed by atoms with Crippen LogP contribution in [0.15, 0.2) is 30.5 Å². The van der Waals surface area contributed by atoms with Gasteiger partial charge in [-0.3, -0.25) is 9.89 Å². The van der Waals surface area contributed by atoms with E-state index < -0.39 is 0 Å². The van der Waals surface area contributed by atoms with E-state index >= 15 is 0 Å². The highest BCUT2D eigenvalue weighted by Gasteiger charge is 2.11. The third kappa shape index (κ3) is 4.41. The summed E-state index contributed by atoms with van der Waals surface area (Å²) < 4.78 is 12.8. The van der Waals surface area contributed by atoms with Crippen LogP contribution in [-0.4, -0.2) is 28.1 Å². The van der Waals surface area contributed by atoms with E-state index in [0.717, 1.165) is 29.7 Å². The molecule has 0 bridgehead atoms. The molecule has 1 aromatic carbocycles. The molecule has 0 atom stereocenters. The number of carbonyl (C=O) groups excluding carboxylic acids is 1. The zero-order valence-corrected chi connectivity index (χ0v) is 12.4. The van der Waals surface area contributed by atoms with Crippen LogP contribution in [0.3, 0.4) is 0 Å². The van der Waals surface area contributed by atoms with E-state index in [4.69, 9.17) is 0 Å². The highest BCUT2D eigenvalue weighted by atomic mass is 19.1. The molecular formula is C16H20FN3O. The van der Waals surface area contributed by atoms with Gasteiger partial charge in [-0.05, 0) is 37.5 Å². The second-order valence-electron chi connectivity index (χ2n) is 5.25. The van der Waals surface area contributed by atoms with Gasteiger partial charge in [-0.15, -0.1) is 0 Å². The standard InChI is InChI=1S/C16H20FN3O/c1-12-14(10-18-19-12)11-20(2)16(21)5-3-4-13-6-8-15(17)9-7-13/h6-10H,3-5,11H2,1-2H3,(H,18,19). The molecule has 0 aliphatic carbocycles. The van der Waals surface area contributed by atoms with Crippen molar-refractivity contribution < 1.29 is 9.18 Å². The van der Waals surface area contributed by atoms with Gasteiger partial charge in [0.2, 0.25) is 5.91 Å². The molecule has 0 aliphatic heterocycles. The lowest BCUT2D eigenvalue weighted by Gasteiger charge is -2.16. The van der Waals surface area contributed by atoms with Crippen LogP contribution in [0.25, 0.3) is 0 Å². The first-order valence-electron chi connectivity index (χ1n) is 7.03. The van der Waals surface area contributed by atoms with Crippen molar-refractivity contribution in [1.82, 2.24) is 15.1 Å². The molecular weight excluding hydrogens is 269 g/mol. The quantitative estimate of drug-likeness (QED) is 0.889. The molecule has 1 heterocycles. The second-order valence-corrected chi connectivity index (χ2v) is 5.25. The van der Waals surface area contributed by atoms with Gasteiger partial charge in [0, 0.05) is 31.3 Å². The Bertz CT molecular complexity index is 592. The number of nitrogens with zero attached hydrogens (tertiary/aromatic N) is 2. The SMILES string of the molecule is Cc1[nH]ncc1CN(C)C(=O)CCCc1ccc(F)cc1. The van der Waals surface area contributed by atoms with Crippen LogP contribution in [-0.2, 0) is 17.8 Å². The van der Waals surface area contributed by atoms with Crippen molar-refractivity contribution in [1.29, 1.82) is 0 Å². The third-order valence-electron chi connectivity index (χ3n) is 3.54. The van der Waals surface area contributed by atoms with Gasteiger partial charge in [-0.2, -0.15) is 5.10 Å². The minimum absolute atomic E-state index is 0.109. The predicted molar refractivity (Wildman–Crippen MR) is 79.1 cm³/mol. The third-order valence-corrected chi connectivity index (χ3v) is 3.54. The van der Waals surface area contributed by atoms with Gasteiger partial charge in [-0.25, -0.2) is 4.39 Å². The lowest BCUT2D eigenvalue weighted by atomic mass is 10.1. The van der Waals surface area contributed by atoms with Crippen LogP contribution in [0.2, 0.25) is 0 Å². The van der Waals surface area contributed by atoms with E-state index in [9.17, 15) is 9.18 Å². The number of H-pyrrole nitrogens is 1. The minimum Gasteiger partial charge on any atom is -0.341 e. The molecule has 1 aromatic heterocycles. The summed E-state index contributed by atoms with van der Waals surface area (Å²) in [6.07, 6.45) is 3.78. The molecule has 112 valence electrons. The second kappa shape index (κ2) is 7.02. The highest BCUT2D eigenvalue weighted by molar-refractivity contribution is 5.75. The number of nitrogens with one attached hydrogen (secondary N) is 1. The summed E-state index contributed by atoms with van der Waals surface area (Å²) >= 11 is 0. The van der Waals surface area contributed by atoms with E-state index in [2.05, 4.69) is 10.2 Å². The number of halogens is 1. The summed E-state index contributed by atoms with van der Waals surface area (Å²) in [4.78, 5) is 13.8. The van der Waals surface area contributed by atoms with Gasteiger partial charge < -0.3 is 4.90 Å². The summed E-state index contributed by atoms with van der Waals surface area (Å²) in [5, 5.41) is 6.81. The van der Waals surface area contributed by atoms with Crippen molar-refractivity contribution in [2.75, 3.05) is 7.05 Å². The Balaban J connectivity index is 1.76. The summed E-state index contributed by atoms with van der Waals surface area (Å²) in [7, 11) is 1.80. The minimum atomic E-state index is -0.231. The fourth-order valence-electron chi connectivity index (χ4n) is 2.16. The number of hydrogen-bond acceptors (Lipinski definition) is 2. The van der Waals surface area contributed by atoms with Crippen molar-refractivity contribution in [3.63, 3.8) is 0 Å². The summed E-state index contributed by atoms with van der Waals surface area (Å²) in [6.45, 7) is 2.51. The summed E-state index contributed by atoms with van der Waals surface area (Å²) in [5.41, 5.74) is 3.07. The van der Waals surface area contributed by atoms with E-state index in [1.807, 2.05) is 6.92 Å². The number of rotatable bonds is 6. The molecule has 0 saturated heterocycles. The number of aromatic amines is 1. The van der Waals surface area contributed by atoms with E-state index in [-0.39, 0.29) is 11.7 Å². The first kappa shape index (κ1) is 15.2. The zero-order valence-electron chi connectivity index (χ0n) is 12.4. The lowest BCUT2D eigenvalue weighted by molar-refractivity contribution is -0.130. The number of carbonyl (C=O) groups is 1. The van der Waals surface area contributed by atoms with Gasteiger partial charge in [0.1, 0.15) is 5.82 Å². The topological polar surface area (TPSA) is 49.0 Å². The van der Waals surface area contributed by atoms with Gasteiger partial charge in [0.25, 0.3) is 0 Å². The average Bonchev–Trinajstić information content (AvgIpc) is 2.86. The molecule has 2 aromatic rings. The molecule has 0 unspecified atom stereocenters. The molecule has 0 saturated carbocycles. The van der Waals surface area contributed by atoms with Gasteiger partial charge >= 0.3 is 0 Å². The Morgan fingerprint density at radius 3 is 2.67 bits per heavy atom. The molecule has 1 N–H and O–H groups in total. The first-order chi connectivity index (χ1) is 10.1. The van der Waals surface area contributed by atoms with Crippen LogP contribution < -0.4 is 0 Å². The Labute approximate surface area is 124 Å². The van der Waals surface area contributed by atoms with Crippen LogP contribution in [0.1, 0.15) is 29.7 Å². The van der Waals surface area contributed by atoms with Crippen molar-refractivity contribution in [3.8, 4) is 0 Å². The lowest BCUT2D eigenvalue weighted by Crippen LogP contribution is -2.26. The summed E-state index contributed by atoms with van der Waals surface area (Å²) in [6, 6.07) is 6.42. The largest absolute Gasteiger partial charge is 0.341 e. The van der Waals surface area contributed by atoms with Crippen LogP contribution in [0, 0.1) is 12.7 Å². The molecule has 5 heteroatoms. The Morgan fingerprint density at radius 1 is 1.33 bits per heavy atom. The number of aromatic nitrogens is 2. The number of amides is 1. The molecule has 21 heavy (non-hydrogen) atoms. The normalized spacial score (nSPS) is 10.6. The van der Waals surface area contributed by atoms with Crippen LogP contribution in [0.4, 0.5) is 4.39 Å². The van der Waals surface area contributed by atoms with E-state index in [1.165, 1.54) is 12.1 Å². The zero-order chi connectivity index (χ0) is 15.2. The van der Waals surface area contributed by atoms with Gasteiger partial charge in [0.15, 0.2) is 0 Å². The van der Waals surface area contributed by atoms with Crippen molar-refractivity contribution >= 4 is 5.91 Å². The molecule has 0 fully saturated rings. The first-order valence-corrected chi connectivity index (χ1v) is 7.03.